The van der Waals surface area contributed by atoms with Gasteiger partial charge in [0.25, 0.3) is 0 Å². The maximum Gasteiger partial charge on any atom is 0.133 e. The van der Waals surface area contributed by atoms with Crippen LogP contribution in [0.25, 0.3) is 0 Å². The molecule has 2 rings (SSSR count). The van der Waals surface area contributed by atoms with Crippen LogP contribution >= 0.6 is 0 Å². The fourth-order valence-electron chi connectivity index (χ4n) is 2.24. The van der Waals surface area contributed by atoms with Crippen LogP contribution in [0.2, 0.25) is 0 Å². The molecule has 0 aliphatic rings. The molecule has 96 valence electrons. The number of aliphatic hydroxyl groups is 1. The van der Waals surface area contributed by atoms with E-state index in [1.807, 2.05) is 44.2 Å². The molecule has 3 N–H and O–H groups in total. The van der Waals surface area contributed by atoms with Gasteiger partial charge in [-0.25, -0.2) is 0 Å². The number of hydrogen-bond acceptors (Lipinski definition) is 3. The van der Waals surface area contributed by atoms with Gasteiger partial charge in [-0.05, 0) is 37.1 Å². The predicted octanol–water partition coefficient (Wildman–Crippen LogP) is 2.67. The van der Waals surface area contributed by atoms with Crippen molar-refractivity contribution >= 4 is 0 Å². The molecule has 1 aromatic heterocycles. The molecule has 3 nitrogen and oxygen atoms in total. The van der Waals surface area contributed by atoms with Crippen molar-refractivity contribution in [1.29, 1.82) is 0 Å². The Labute approximate surface area is 107 Å². The molecule has 0 fully saturated rings. The van der Waals surface area contributed by atoms with Gasteiger partial charge in [0.05, 0.1) is 0 Å². The second-order valence-corrected chi connectivity index (χ2v) is 4.59. The predicted molar refractivity (Wildman–Crippen MR) is 71.4 cm³/mol. The maximum absolute atomic E-state index is 10.4. The number of rotatable bonds is 4. The Balaban J connectivity index is 2.32. The summed E-state index contributed by atoms with van der Waals surface area (Å²) in [5, 5.41) is 10.4. The second-order valence-electron chi connectivity index (χ2n) is 4.59. The van der Waals surface area contributed by atoms with Crippen molar-refractivity contribution in [2.45, 2.75) is 25.9 Å². The Hall–Kier alpha value is -1.58. The van der Waals surface area contributed by atoms with E-state index in [9.17, 15) is 5.11 Å². The molecule has 2 atom stereocenters. The minimum Gasteiger partial charge on any atom is -0.464 e. The van der Waals surface area contributed by atoms with Gasteiger partial charge in [-0.15, -0.1) is 0 Å². The topological polar surface area (TPSA) is 59.4 Å². The van der Waals surface area contributed by atoms with Gasteiger partial charge in [0.1, 0.15) is 17.6 Å². The molecule has 2 aromatic rings. The van der Waals surface area contributed by atoms with Crippen LogP contribution < -0.4 is 5.73 Å². The lowest BCUT2D eigenvalue weighted by atomic mass is 9.89. The van der Waals surface area contributed by atoms with Crippen LogP contribution in [0.3, 0.4) is 0 Å². The Bertz CT molecular complexity index is 519. The van der Waals surface area contributed by atoms with E-state index in [2.05, 4.69) is 0 Å². The summed E-state index contributed by atoms with van der Waals surface area (Å²) in [5.41, 5.74) is 8.02. The van der Waals surface area contributed by atoms with Gasteiger partial charge in [0, 0.05) is 12.5 Å². The van der Waals surface area contributed by atoms with Crippen LogP contribution in [0.1, 0.15) is 34.7 Å². The van der Waals surface area contributed by atoms with E-state index in [1.165, 1.54) is 0 Å². The third-order valence-electron chi connectivity index (χ3n) is 3.28. The summed E-state index contributed by atoms with van der Waals surface area (Å²) in [5.74, 6) is 1.23. The maximum atomic E-state index is 10.4. The molecule has 3 heteroatoms. The van der Waals surface area contributed by atoms with Gasteiger partial charge < -0.3 is 15.3 Å². The van der Waals surface area contributed by atoms with Gasteiger partial charge in [-0.2, -0.15) is 0 Å². The average Bonchev–Trinajstić information content (AvgIpc) is 2.79. The lowest BCUT2D eigenvalue weighted by Crippen LogP contribution is -2.20. The number of aryl methyl sites for hydroxylation is 2. The van der Waals surface area contributed by atoms with E-state index in [4.69, 9.17) is 10.2 Å². The van der Waals surface area contributed by atoms with Crippen molar-refractivity contribution in [3.8, 4) is 0 Å². The molecule has 1 heterocycles. The monoisotopic (exact) mass is 245 g/mol. The van der Waals surface area contributed by atoms with Gasteiger partial charge in [-0.1, -0.05) is 24.3 Å². The average molecular weight is 245 g/mol. The first-order valence-electron chi connectivity index (χ1n) is 6.13. The Morgan fingerprint density at radius 3 is 2.44 bits per heavy atom. The van der Waals surface area contributed by atoms with Crippen molar-refractivity contribution in [1.82, 2.24) is 0 Å². The summed E-state index contributed by atoms with van der Waals surface area (Å²) in [4.78, 5) is 0. The SMILES string of the molecule is Cc1ccc(C(O)C(CN)c2ccccc2C)o1. The largest absolute Gasteiger partial charge is 0.464 e. The summed E-state index contributed by atoms with van der Waals surface area (Å²) in [6, 6.07) is 11.6. The molecule has 0 radical (unpaired) electrons. The number of benzene rings is 1. The van der Waals surface area contributed by atoms with E-state index in [1.54, 1.807) is 6.07 Å². The molecule has 0 aliphatic heterocycles. The summed E-state index contributed by atoms with van der Waals surface area (Å²) in [6.07, 6.45) is -0.704. The minimum absolute atomic E-state index is 0.142. The van der Waals surface area contributed by atoms with Gasteiger partial charge in [-0.3, -0.25) is 0 Å². The molecular formula is C15H19NO2. The van der Waals surface area contributed by atoms with Crippen LogP contribution in [0.15, 0.2) is 40.8 Å². The van der Waals surface area contributed by atoms with Gasteiger partial charge in [0.15, 0.2) is 0 Å². The molecular weight excluding hydrogens is 226 g/mol. The molecule has 0 bridgehead atoms. The van der Waals surface area contributed by atoms with Crippen molar-refractivity contribution in [2.24, 2.45) is 5.73 Å². The smallest absolute Gasteiger partial charge is 0.133 e. The second kappa shape index (κ2) is 5.38. The van der Waals surface area contributed by atoms with E-state index >= 15 is 0 Å². The zero-order chi connectivity index (χ0) is 13.1. The first-order valence-corrected chi connectivity index (χ1v) is 6.13. The van der Waals surface area contributed by atoms with E-state index in [0.29, 0.717) is 12.3 Å². The number of nitrogens with two attached hydrogens (primary N) is 1. The quantitative estimate of drug-likeness (QED) is 0.870. The minimum atomic E-state index is -0.704. The number of aliphatic hydroxyl groups excluding tert-OH is 1. The third kappa shape index (κ3) is 2.47. The first-order chi connectivity index (χ1) is 8.63. The van der Waals surface area contributed by atoms with Crippen molar-refractivity contribution in [3.05, 3.63) is 59.0 Å². The van der Waals surface area contributed by atoms with Crippen LogP contribution in [-0.2, 0) is 0 Å². The molecule has 0 saturated heterocycles. The van der Waals surface area contributed by atoms with Gasteiger partial charge in [0.2, 0.25) is 0 Å². The van der Waals surface area contributed by atoms with Crippen LogP contribution in [0, 0.1) is 13.8 Å². The lowest BCUT2D eigenvalue weighted by Gasteiger charge is -2.22. The van der Waals surface area contributed by atoms with Crippen molar-refractivity contribution in [2.75, 3.05) is 6.54 Å². The van der Waals surface area contributed by atoms with Crippen LogP contribution in [0.5, 0.6) is 0 Å². The highest BCUT2D eigenvalue weighted by Gasteiger charge is 2.25. The lowest BCUT2D eigenvalue weighted by molar-refractivity contribution is 0.120. The van der Waals surface area contributed by atoms with Crippen LogP contribution in [0.4, 0.5) is 0 Å². The molecule has 0 amide bonds. The Morgan fingerprint density at radius 1 is 1.17 bits per heavy atom. The highest BCUT2D eigenvalue weighted by atomic mass is 16.4. The summed E-state index contributed by atoms with van der Waals surface area (Å²) in [6.45, 7) is 4.27. The molecule has 0 saturated carbocycles. The van der Waals surface area contributed by atoms with Crippen molar-refractivity contribution in [3.63, 3.8) is 0 Å². The summed E-state index contributed by atoms with van der Waals surface area (Å²) >= 11 is 0. The Morgan fingerprint density at radius 2 is 1.89 bits per heavy atom. The molecule has 2 unspecified atom stereocenters. The van der Waals surface area contributed by atoms with E-state index < -0.39 is 6.10 Å². The Kier molecular flexibility index (Phi) is 3.84. The first kappa shape index (κ1) is 12.9. The van der Waals surface area contributed by atoms with Gasteiger partial charge >= 0.3 is 0 Å². The number of hydrogen-bond donors (Lipinski definition) is 2. The van der Waals surface area contributed by atoms with E-state index in [0.717, 1.165) is 16.9 Å². The standard InChI is InChI=1S/C15H19NO2/c1-10-5-3-4-6-12(10)13(9-16)15(17)14-8-7-11(2)18-14/h3-8,13,15,17H,9,16H2,1-2H3. The number of furan rings is 1. The van der Waals surface area contributed by atoms with Crippen LogP contribution in [-0.4, -0.2) is 11.7 Å². The summed E-state index contributed by atoms with van der Waals surface area (Å²) in [7, 11) is 0. The fraction of sp³-hybridized carbons (Fsp3) is 0.333. The molecule has 1 aromatic carbocycles. The molecule has 0 spiro atoms. The third-order valence-corrected chi connectivity index (χ3v) is 3.28. The fourth-order valence-corrected chi connectivity index (χ4v) is 2.24. The highest BCUT2D eigenvalue weighted by Crippen LogP contribution is 2.32. The molecule has 0 aliphatic carbocycles. The van der Waals surface area contributed by atoms with Crippen molar-refractivity contribution < 1.29 is 9.52 Å². The zero-order valence-electron chi connectivity index (χ0n) is 10.8. The molecule has 18 heavy (non-hydrogen) atoms. The highest BCUT2D eigenvalue weighted by molar-refractivity contribution is 5.31. The normalized spacial score (nSPS) is 14.4. The zero-order valence-corrected chi connectivity index (χ0v) is 10.8. The van der Waals surface area contributed by atoms with E-state index in [-0.39, 0.29) is 5.92 Å². The summed E-state index contributed by atoms with van der Waals surface area (Å²) < 4.78 is 5.48.